The fraction of sp³-hybridized carbons (Fsp3) is 0.440. The molecule has 0 unspecified atom stereocenters. The molecule has 4 rings (SSSR count). The lowest BCUT2D eigenvalue weighted by atomic mass is 9.95. The van der Waals surface area contributed by atoms with Crippen LogP contribution in [0.2, 0.25) is 0 Å². The van der Waals surface area contributed by atoms with E-state index in [1.165, 1.54) is 16.8 Å². The van der Waals surface area contributed by atoms with Gasteiger partial charge in [-0.2, -0.15) is 0 Å². The number of nitrogens with zero attached hydrogens (tertiary/aromatic N) is 2. The fourth-order valence-electron chi connectivity index (χ4n) is 4.34. The summed E-state index contributed by atoms with van der Waals surface area (Å²) in [6, 6.07) is 14.2. The van der Waals surface area contributed by atoms with Crippen LogP contribution in [0.5, 0.6) is 5.75 Å². The van der Waals surface area contributed by atoms with E-state index in [1.54, 1.807) is 47.8 Å². The van der Waals surface area contributed by atoms with Gasteiger partial charge in [0.15, 0.2) is 18.9 Å². The molecule has 1 fully saturated rings. The Balaban J connectivity index is 0.00000400. The van der Waals surface area contributed by atoms with Crippen LogP contribution >= 0.6 is 35.5 Å². The first kappa shape index (κ1) is 30.6. The van der Waals surface area contributed by atoms with Crippen LogP contribution in [0.4, 0.5) is 0 Å². The highest BCUT2D eigenvalue weighted by Gasteiger charge is 2.52. The number of amides is 1. The molecule has 0 spiro atoms. The molecule has 1 amide bonds. The molecule has 1 aliphatic rings. The number of nitrogens with one attached hydrogen (secondary N) is 1. The average Bonchev–Trinajstić information content (AvgIpc) is 3.34. The maximum absolute atomic E-state index is 13.6. The zero-order chi connectivity index (χ0) is 26.3. The Morgan fingerprint density at radius 1 is 1.16 bits per heavy atom. The third-order valence-corrected chi connectivity index (χ3v) is 11.3. The molecular formula is C25H32ClN3O6S3. The molecule has 0 aliphatic carbocycles. The molecule has 13 heteroatoms. The largest absolute Gasteiger partial charge is 0.494 e. The predicted molar refractivity (Wildman–Crippen MR) is 152 cm³/mol. The molecule has 2 heterocycles. The van der Waals surface area contributed by atoms with Crippen LogP contribution in [0, 0.1) is 0 Å². The van der Waals surface area contributed by atoms with E-state index in [9.17, 15) is 18.4 Å². The van der Waals surface area contributed by atoms with Crippen molar-refractivity contribution in [1.82, 2.24) is 15.4 Å². The Hall–Kier alpha value is -1.93. The van der Waals surface area contributed by atoms with Crippen LogP contribution in [-0.2, 0) is 19.4 Å². The number of carbonyl (C=O) groups is 1. The summed E-state index contributed by atoms with van der Waals surface area (Å²) in [5.41, 5.74) is 2.60. The second-order valence-electron chi connectivity index (χ2n) is 8.74. The van der Waals surface area contributed by atoms with Gasteiger partial charge in [-0.1, -0.05) is 23.9 Å². The maximum Gasteiger partial charge on any atom is 0.265 e. The number of methoxy groups -OCH3 is 1. The molecule has 2 N–H and O–H groups in total. The molecule has 0 bridgehead atoms. The van der Waals surface area contributed by atoms with E-state index in [2.05, 4.69) is 11.1 Å². The summed E-state index contributed by atoms with van der Waals surface area (Å²) in [5.74, 6) is 0.510. The number of hydroxylamine groups is 1. The van der Waals surface area contributed by atoms with Gasteiger partial charge >= 0.3 is 0 Å². The summed E-state index contributed by atoms with van der Waals surface area (Å²) in [5, 5.41) is 9.34. The highest BCUT2D eigenvalue weighted by molar-refractivity contribution is 8.01. The predicted octanol–water partition coefficient (Wildman–Crippen LogP) is 4.04. The Morgan fingerprint density at radius 2 is 1.87 bits per heavy atom. The van der Waals surface area contributed by atoms with Crippen LogP contribution in [0.1, 0.15) is 19.3 Å². The molecule has 1 aliphatic heterocycles. The Labute approximate surface area is 237 Å². The van der Waals surface area contributed by atoms with Gasteiger partial charge in [0, 0.05) is 32.5 Å². The van der Waals surface area contributed by atoms with E-state index in [1.807, 2.05) is 23.1 Å². The first-order valence-corrected chi connectivity index (χ1v) is 15.3. The lowest BCUT2D eigenvalue weighted by Gasteiger charge is -2.39. The van der Waals surface area contributed by atoms with Crippen molar-refractivity contribution in [2.45, 2.75) is 33.2 Å². The standard InChI is InChI=1S/C25H31N3O6S3.ClH/c1-33-17-15-28-13-11-25(12-14-28,23(29)27-30)37(31,32)20-9-7-19(8-10-20)34-16-4-18-35-24-26-21-5-2-3-6-22(21)36-24;/h2-3,5-10,30H,4,11-18H2,1H3,(H,27,29);1H. The fourth-order valence-corrected chi connectivity index (χ4v) is 8.35. The van der Waals surface area contributed by atoms with Gasteiger partial charge in [0.2, 0.25) is 0 Å². The second-order valence-corrected chi connectivity index (χ2v) is 13.4. The minimum absolute atomic E-state index is 0. The summed E-state index contributed by atoms with van der Waals surface area (Å²) in [6.45, 7) is 2.48. The Bertz CT molecular complexity index is 1260. The number of sulfone groups is 1. The summed E-state index contributed by atoms with van der Waals surface area (Å²) in [6.07, 6.45) is 0.964. The van der Waals surface area contributed by atoms with E-state index < -0.39 is 20.5 Å². The van der Waals surface area contributed by atoms with Crippen molar-refractivity contribution in [2.75, 3.05) is 45.7 Å². The van der Waals surface area contributed by atoms with Crippen LogP contribution in [-0.4, -0.2) is 79.9 Å². The van der Waals surface area contributed by atoms with E-state index in [0.717, 1.165) is 22.0 Å². The van der Waals surface area contributed by atoms with Gasteiger partial charge in [-0.15, -0.1) is 23.7 Å². The van der Waals surface area contributed by atoms with Crippen molar-refractivity contribution in [2.24, 2.45) is 0 Å². The molecular weight excluding hydrogens is 570 g/mol. The zero-order valence-corrected chi connectivity index (χ0v) is 24.3. The summed E-state index contributed by atoms with van der Waals surface area (Å²) >= 11 is 3.37. The lowest BCUT2D eigenvalue weighted by Crippen LogP contribution is -2.57. The van der Waals surface area contributed by atoms with Crippen molar-refractivity contribution in [3.8, 4) is 5.75 Å². The molecule has 0 radical (unpaired) electrons. The number of hydrogen-bond donors (Lipinski definition) is 2. The summed E-state index contributed by atoms with van der Waals surface area (Å²) < 4.78 is 38.5. The minimum atomic E-state index is -4.06. The molecule has 1 aromatic heterocycles. The Kier molecular flexibility index (Phi) is 11.2. The monoisotopic (exact) mass is 601 g/mol. The molecule has 1 saturated heterocycles. The first-order valence-electron chi connectivity index (χ1n) is 12.0. The smallest absolute Gasteiger partial charge is 0.265 e. The number of likely N-dealkylation sites (tertiary alicyclic amines) is 1. The normalized spacial score (nSPS) is 15.6. The zero-order valence-electron chi connectivity index (χ0n) is 21.0. The first-order chi connectivity index (χ1) is 17.9. The topological polar surface area (TPSA) is 118 Å². The number of fused-ring (bicyclic) bond motifs is 1. The van der Waals surface area contributed by atoms with Gasteiger partial charge in [0.05, 0.1) is 28.3 Å². The van der Waals surface area contributed by atoms with Crippen LogP contribution in [0.25, 0.3) is 10.2 Å². The number of para-hydroxylation sites is 1. The van der Waals surface area contributed by atoms with Crippen molar-refractivity contribution < 1.29 is 27.9 Å². The Morgan fingerprint density at radius 3 is 2.53 bits per heavy atom. The van der Waals surface area contributed by atoms with E-state index in [4.69, 9.17) is 9.47 Å². The number of rotatable bonds is 12. The van der Waals surface area contributed by atoms with Crippen LogP contribution in [0.15, 0.2) is 57.8 Å². The van der Waals surface area contributed by atoms with E-state index in [-0.39, 0.29) is 30.1 Å². The third-order valence-electron chi connectivity index (χ3n) is 6.50. The molecule has 2 aromatic carbocycles. The van der Waals surface area contributed by atoms with Gasteiger partial charge in [0.25, 0.3) is 5.91 Å². The quantitative estimate of drug-likeness (QED) is 0.137. The number of piperidine rings is 1. The molecule has 3 aromatic rings. The molecule has 208 valence electrons. The number of halogens is 1. The van der Waals surface area contributed by atoms with E-state index >= 15 is 0 Å². The number of aromatic nitrogens is 1. The van der Waals surface area contributed by atoms with Crippen LogP contribution < -0.4 is 10.2 Å². The highest BCUT2D eigenvalue weighted by atomic mass is 35.5. The van der Waals surface area contributed by atoms with Gasteiger partial charge in [-0.25, -0.2) is 18.9 Å². The molecule has 0 atom stereocenters. The van der Waals surface area contributed by atoms with Crippen molar-refractivity contribution in [3.05, 3.63) is 48.5 Å². The molecule has 0 saturated carbocycles. The summed E-state index contributed by atoms with van der Waals surface area (Å²) in [4.78, 5) is 19.3. The van der Waals surface area contributed by atoms with Gasteiger partial charge in [-0.3, -0.25) is 10.0 Å². The van der Waals surface area contributed by atoms with E-state index in [0.29, 0.717) is 38.6 Å². The number of hydrogen-bond acceptors (Lipinski definition) is 10. The minimum Gasteiger partial charge on any atom is -0.494 e. The number of ether oxygens (including phenoxy) is 2. The van der Waals surface area contributed by atoms with Crippen molar-refractivity contribution >= 4 is 61.5 Å². The SMILES string of the molecule is COCCN1CCC(C(=O)NO)(S(=O)(=O)c2ccc(OCCCSc3nc4ccccc4s3)cc2)CC1.Cl. The van der Waals surface area contributed by atoms with Crippen molar-refractivity contribution in [3.63, 3.8) is 0 Å². The van der Waals surface area contributed by atoms with Gasteiger partial charge < -0.3 is 14.4 Å². The number of thioether (sulfide) groups is 1. The van der Waals surface area contributed by atoms with Gasteiger partial charge in [-0.05, 0) is 55.7 Å². The lowest BCUT2D eigenvalue weighted by molar-refractivity contribution is -0.133. The van der Waals surface area contributed by atoms with Crippen molar-refractivity contribution in [1.29, 1.82) is 0 Å². The third kappa shape index (κ3) is 6.79. The maximum atomic E-state index is 13.6. The number of carbonyl (C=O) groups excluding carboxylic acids is 1. The number of thiazole rings is 1. The summed E-state index contributed by atoms with van der Waals surface area (Å²) in [7, 11) is -2.46. The molecule has 38 heavy (non-hydrogen) atoms. The van der Waals surface area contributed by atoms with Crippen LogP contribution in [0.3, 0.4) is 0 Å². The second kappa shape index (κ2) is 13.9. The number of benzene rings is 2. The van der Waals surface area contributed by atoms with Gasteiger partial charge in [0.1, 0.15) is 5.75 Å². The highest BCUT2D eigenvalue weighted by Crippen LogP contribution is 2.36. The molecule has 9 nitrogen and oxygen atoms in total. The average molecular weight is 602 g/mol.